The molecule has 0 aromatic heterocycles. The van der Waals surface area contributed by atoms with E-state index in [0.29, 0.717) is 5.56 Å². The van der Waals surface area contributed by atoms with Gasteiger partial charge in [-0.1, -0.05) is 38.1 Å². The summed E-state index contributed by atoms with van der Waals surface area (Å²) in [4.78, 5) is 38.7. The summed E-state index contributed by atoms with van der Waals surface area (Å²) in [5.41, 5.74) is -0.0382. The molecule has 1 aromatic rings. The van der Waals surface area contributed by atoms with E-state index >= 15 is 0 Å². The molecule has 2 aliphatic rings. The zero-order chi connectivity index (χ0) is 19.1. The summed E-state index contributed by atoms with van der Waals surface area (Å²) in [7, 11) is 0. The van der Waals surface area contributed by atoms with Crippen LogP contribution in [0.2, 0.25) is 0 Å². The molecule has 0 bridgehead atoms. The number of rotatable bonds is 4. The van der Waals surface area contributed by atoms with Gasteiger partial charge in [-0.05, 0) is 43.6 Å². The van der Waals surface area contributed by atoms with Crippen molar-refractivity contribution in [2.75, 3.05) is 13.2 Å². The van der Waals surface area contributed by atoms with Gasteiger partial charge in [-0.25, -0.2) is 0 Å². The highest BCUT2D eigenvalue weighted by Gasteiger charge is 2.63. The molecule has 0 radical (unpaired) electrons. The molecule has 140 valence electrons. The molecule has 5 heteroatoms. The molecular weight excluding hydrogens is 332 g/mol. The molecule has 0 saturated heterocycles. The second-order valence-electron chi connectivity index (χ2n) is 7.78. The zero-order valence-corrected chi connectivity index (χ0v) is 15.8. The molecule has 1 saturated carbocycles. The Bertz CT molecular complexity index is 731. The molecule has 1 fully saturated rings. The van der Waals surface area contributed by atoms with E-state index in [1.807, 2.05) is 24.3 Å². The van der Waals surface area contributed by atoms with Crippen LogP contribution >= 0.6 is 0 Å². The van der Waals surface area contributed by atoms with Gasteiger partial charge in [-0.3, -0.25) is 14.4 Å². The zero-order valence-electron chi connectivity index (χ0n) is 15.8. The van der Waals surface area contributed by atoms with Crippen LogP contribution in [0, 0.1) is 17.3 Å². The number of Topliss-reactive ketones (excluding diaryl/α,β-unsaturated/α-hetero) is 1. The lowest BCUT2D eigenvalue weighted by Gasteiger charge is -2.41. The smallest absolute Gasteiger partial charge is 0.323 e. The van der Waals surface area contributed by atoms with Crippen molar-refractivity contribution < 1.29 is 23.9 Å². The Balaban J connectivity index is 2.07. The van der Waals surface area contributed by atoms with Crippen molar-refractivity contribution in [1.29, 1.82) is 0 Å². The molecule has 26 heavy (non-hydrogen) atoms. The van der Waals surface area contributed by atoms with E-state index in [2.05, 4.69) is 13.8 Å². The van der Waals surface area contributed by atoms with Crippen LogP contribution in [0.4, 0.5) is 0 Å². The topological polar surface area (TPSA) is 69.7 Å². The van der Waals surface area contributed by atoms with Crippen LogP contribution in [0.25, 0.3) is 0 Å². The monoisotopic (exact) mass is 358 g/mol. The Labute approximate surface area is 154 Å². The van der Waals surface area contributed by atoms with E-state index < -0.39 is 17.4 Å². The summed E-state index contributed by atoms with van der Waals surface area (Å²) in [5.74, 6) is -1.62. The van der Waals surface area contributed by atoms with Crippen molar-refractivity contribution in [2.24, 2.45) is 17.3 Å². The molecule has 0 heterocycles. The molecule has 0 spiro atoms. The molecule has 2 atom stereocenters. The van der Waals surface area contributed by atoms with Crippen LogP contribution in [0.1, 0.15) is 56.5 Å². The van der Waals surface area contributed by atoms with Gasteiger partial charge in [0, 0.05) is 11.5 Å². The predicted molar refractivity (Wildman–Crippen MR) is 95.7 cm³/mol. The van der Waals surface area contributed by atoms with Gasteiger partial charge >= 0.3 is 11.9 Å². The van der Waals surface area contributed by atoms with Crippen LogP contribution in [0.3, 0.4) is 0 Å². The molecular formula is C21H26O5. The molecule has 0 amide bonds. The Morgan fingerprint density at radius 1 is 1.04 bits per heavy atom. The first-order valence-electron chi connectivity index (χ1n) is 9.27. The predicted octanol–water partition coefficient (Wildman–Crippen LogP) is 3.30. The molecule has 1 aromatic carbocycles. The fourth-order valence-electron chi connectivity index (χ4n) is 4.77. The number of carbonyl (C=O) groups is 3. The number of esters is 2. The van der Waals surface area contributed by atoms with Gasteiger partial charge < -0.3 is 9.47 Å². The molecule has 5 nitrogen and oxygen atoms in total. The molecule has 2 aliphatic carbocycles. The van der Waals surface area contributed by atoms with Gasteiger partial charge in [0.05, 0.1) is 13.2 Å². The number of fused-ring (bicyclic) bond motifs is 2. The maximum Gasteiger partial charge on any atom is 0.323 e. The number of carbonyl (C=O) groups excluding carboxylic acids is 3. The molecule has 3 rings (SSSR count). The lowest BCUT2D eigenvalue weighted by molar-refractivity contribution is -0.172. The summed E-state index contributed by atoms with van der Waals surface area (Å²) < 4.78 is 10.5. The van der Waals surface area contributed by atoms with Gasteiger partial charge in [0.15, 0.2) is 11.2 Å². The van der Waals surface area contributed by atoms with E-state index in [1.165, 1.54) is 0 Å². The fourth-order valence-corrected chi connectivity index (χ4v) is 4.77. The largest absolute Gasteiger partial charge is 0.465 e. The third-order valence-corrected chi connectivity index (χ3v) is 6.11. The molecule has 0 unspecified atom stereocenters. The SMILES string of the molecule is CCOC(=O)C1(C(=O)OCC)C[C@@H]2[C@@H](C1)C(=O)c1ccccc1C2(C)C. The second-order valence-corrected chi connectivity index (χ2v) is 7.78. The van der Waals surface area contributed by atoms with Crippen molar-refractivity contribution >= 4 is 17.7 Å². The standard InChI is InChI=1S/C21H26O5/c1-5-25-18(23)21(19(24)26-6-2)11-14-16(12-21)20(3,4)15-10-8-7-9-13(15)17(14)22/h7-10,14,16H,5-6,11-12H2,1-4H3/t14-,16-/m1/s1. The first kappa shape index (κ1) is 18.6. The second kappa shape index (κ2) is 6.53. The van der Waals surface area contributed by atoms with E-state index in [1.54, 1.807) is 13.8 Å². The lowest BCUT2D eigenvalue weighted by Crippen LogP contribution is -2.42. The first-order valence-corrected chi connectivity index (χ1v) is 9.27. The van der Waals surface area contributed by atoms with Crippen molar-refractivity contribution in [2.45, 2.75) is 46.0 Å². The summed E-state index contributed by atoms with van der Waals surface area (Å²) in [6.45, 7) is 7.97. The number of hydrogen-bond acceptors (Lipinski definition) is 5. The quantitative estimate of drug-likeness (QED) is 0.610. The Kier molecular flexibility index (Phi) is 4.67. The number of ether oxygens (including phenoxy) is 2. The van der Waals surface area contributed by atoms with Crippen molar-refractivity contribution in [3.05, 3.63) is 35.4 Å². The summed E-state index contributed by atoms with van der Waals surface area (Å²) >= 11 is 0. The average molecular weight is 358 g/mol. The van der Waals surface area contributed by atoms with E-state index in [9.17, 15) is 14.4 Å². The lowest BCUT2D eigenvalue weighted by atomic mass is 9.61. The maximum absolute atomic E-state index is 13.1. The third kappa shape index (κ3) is 2.56. The van der Waals surface area contributed by atoms with E-state index in [4.69, 9.17) is 9.47 Å². The highest BCUT2D eigenvalue weighted by Crippen LogP contribution is 2.58. The Hall–Kier alpha value is -2.17. The molecule has 0 aliphatic heterocycles. The summed E-state index contributed by atoms with van der Waals surface area (Å²) in [5, 5.41) is 0. The summed E-state index contributed by atoms with van der Waals surface area (Å²) in [6.07, 6.45) is 0.439. The van der Waals surface area contributed by atoms with Crippen LogP contribution in [0.15, 0.2) is 24.3 Å². The minimum Gasteiger partial charge on any atom is -0.465 e. The van der Waals surface area contributed by atoms with Crippen molar-refractivity contribution in [1.82, 2.24) is 0 Å². The van der Waals surface area contributed by atoms with Gasteiger partial charge in [0.1, 0.15) is 0 Å². The minimum absolute atomic E-state index is 0.0143. The van der Waals surface area contributed by atoms with Crippen LogP contribution < -0.4 is 0 Å². The summed E-state index contributed by atoms with van der Waals surface area (Å²) in [6, 6.07) is 7.58. The van der Waals surface area contributed by atoms with Crippen LogP contribution in [-0.2, 0) is 24.5 Å². The van der Waals surface area contributed by atoms with Gasteiger partial charge in [-0.15, -0.1) is 0 Å². The van der Waals surface area contributed by atoms with Crippen molar-refractivity contribution in [3.63, 3.8) is 0 Å². The number of ketones is 1. The van der Waals surface area contributed by atoms with E-state index in [-0.39, 0.29) is 49.1 Å². The minimum atomic E-state index is -1.39. The van der Waals surface area contributed by atoms with Crippen LogP contribution in [0.5, 0.6) is 0 Å². The van der Waals surface area contributed by atoms with Gasteiger partial charge in [-0.2, -0.15) is 0 Å². The maximum atomic E-state index is 13.1. The van der Waals surface area contributed by atoms with Crippen molar-refractivity contribution in [3.8, 4) is 0 Å². The highest BCUT2D eigenvalue weighted by atomic mass is 16.6. The average Bonchev–Trinajstić information content (AvgIpc) is 3.04. The normalized spacial score (nSPS) is 25.2. The van der Waals surface area contributed by atoms with Gasteiger partial charge in [0.2, 0.25) is 0 Å². The Morgan fingerprint density at radius 3 is 2.19 bits per heavy atom. The van der Waals surface area contributed by atoms with E-state index in [0.717, 1.165) is 5.56 Å². The fraction of sp³-hybridized carbons (Fsp3) is 0.571. The molecule has 0 N–H and O–H groups in total. The van der Waals surface area contributed by atoms with Crippen LogP contribution in [-0.4, -0.2) is 30.9 Å². The third-order valence-electron chi connectivity index (χ3n) is 6.11. The highest BCUT2D eigenvalue weighted by molar-refractivity contribution is 6.05. The Morgan fingerprint density at radius 2 is 1.62 bits per heavy atom. The first-order chi connectivity index (χ1) is 12.3. The van der Waals surface area contributed by atoms with Gasteiger partial charge in [0.25, 0.3) is 0 Å². The number of benzene rings is 1. The number of hydrogen-bond donors (Lipinski definition) is 0.